The molecule has 4 heteroatoms. The molecule has 0 aliphatic carbocycles. The Morgan fingerprint density at radius 1 is 1.44 bits per heavy atom. The summed E-state index contributed by atoms with van der Waals surface area (Å²) < 4.78 is 11.4. The maximum Gasteiger partial charge on any atom is 0.306 e. The summed E-state index contributed by atoms with van der Waals surface area (Å²) in [5, 5.41) is 0. The van der Waals surface area contributed by atoms with E-state index in [1.54, 1.807) is 7.11 Å². The summed E-state index contributed by atoms with van der Waals surface area (Å²) in [4.78, 5) is 11.3. The van der Waals surface area contributed by atoms with Crippen molar-refractivity contribution in [3.05, 3.63) is 29.8 Å². The average molecular weight is 332 g/mol. The van der Waals surface area contributed by atoms with Gasteiger partial charge in [-0.05, 0) is 17.7 Å². The van der Waals surface area contributed by atoms with Crippen LogP contribution >= 0.6 is 22.6 Å². The third kappa shape index (κ3) is 2.03. The second kappa shape index (κ2) is 4.61. The van der Waals surface area contributed by atoms with Gasteiger partial charge in [0.15, 0.2) is 0 Å². The van der Waals surface area contributed by atoms with Crippen molar-refractivity contribution in [1.29, 1.82) is 0 Å². The quantitative estimate of drug-likeness (QED) is 0.485. The van der Waals surface area contributed by atoms with Crippen molar-refractivity contribution in [2.75, 3.05) is 11.5 Å². The van der Waals surface area contributed by atoms with Gasteiger partial charge >= 0.3 is 5.97 Å². The molecular weight excluding hydrogens is 319 g/mol. The van der Waals surface area contributed by atoms with Crippen LogP contribution in [0.25, 0.3) is 0 Å². The van der Waals surface area contributed by atoms with Gasteiger partial charge in [-0.3, -0.25) is 4.79 Å². The van der Waals surface area contributed by atoms with Gasteiger partial charge in [0.05, 0.1) is 7.11 Å². The number of ether oxygens (including phenoxy) is 2. The molecule has 1 atom stereocenters. The molecule has 0 amide bonds. The summed E-state index contributed by atoms with van der Waals surface area (Å²) in [6.45, 7) is 0. The van der Waals surface area contributed by atoms with E-state index in [4.69, 9.17) is 9.47 Å². The molecule has 1 unspecified atom stereocenters. The van der Waals surface area contributed by atoms with Gasteiger partial charge in [-0.1, -0.05) is 34.7 Å². The second-order valence-electron chi connectivity index (χ2n) is 3.83. The highest BCUT2D eigenvalue weighted by atomic mass is 127. The highest BCUT2D eigenvalue weighted by Crippen LogP contribution is 2.38. The zero-order valence-electron chi connectivity index (χ0n) is 9.03. The van der Waals surface area contributed by atoms with Crippen LogP contribution in [0.2, 0.25) is 0 Å². The zero-order valence-corrected chi connectivity index (χ0v) is 11.2. The lowest BCUT2D eigenvalue weighted by molar-refractivity contribution is -0.147. The molecule has 0 spiro atoms. The van der Waals surface area contributed by atoms with E-state index in [2.05, 4.69) is 22.6 Å². The number of esters is 1. The number of benzene rings is 1. The van der Waals surface area contributed by atoms with E-state index < -0.39 is 5.60 Å². The monoisotopic (exact) mass is 332 g/mol. The molecule has 3 nitrogen and oxygen atoms in total. The second-order valence-corrected chi connectivity index (χ2v) is 4.59. The number of hydrogen-bond donors (Lipinski definition) is 0. The third-order valence-corrected chi connectivity index (χ3v) is 4.11. The minimum atomic E-state index is -0.427. The summed E-state index contributed by atoms with van der Waals surface area (Å²) in [5.41, 5.74) is 0.623. The first-order valence-corrected chi connectivity index (χ1v) is 6.65. The largest absolute Gasteiger partial charge is 0.497 e. The van der Waals surface area contributed by atoms with Crippen LogP contribution in [0, 0.1) is 0 Å². The van der Waals surface area contributed by atoms with Crippen molar-refractivity contribution in [3.8, 4) is 5.75 Å². The number of methoxy groups -OCH3 is 1. The third-order valence-electron chi connectivity index (χ3n) is 2.87. The molecule has 1 heterocycles. The van der Waals surface area contributed by atoms with Gasteiger partial charge in [0, 0.05) is 17.3 Å². The first kappa shape index (κ1) is 11.7. The molecule has 0 saturated carbocycles. The van der Waals surface area contributed by atoms with Crippen molar-refractivity contribution < 1.29 is 14.3 Å². The average Bonchev–Trinajstić information content (AvgIpc) is 2.72. The molecule has 1 aromatic carbocycles. The van der Waals surface area contributed by atoms with Crippen molar-refractivity contribution in [1.82, 2.24) is 0 Å². The molecule has 1 saturated heterocycles. The van der Waals surface area contributed by atoms with Crippen LogP contribution in [-0.2, 0) is 15.1 Å². The van der Waals surface area contributed by atoms with Gasteiger partial charge in [-0.15, -0.1) is 0 Å². The van der Waals surface area contributed by atoms with E-state index in [9.17, 15) is 4.79 Å². The molecule has 0 radical (unpaired) electrons. The van der Waals surface area contributed by atoms with Crippen LogP contribution in [0.15, 0.2) is 24.3 Å². The molecule has 1 fully saturated rings. The normalized spacial score (nSPS) is 24.2. The fourth-order valence-corrected chi connectivity index (χ4v) is 2.87. The minimum Gasteiger partial charge on any atom is -0.497 e. The van der Waals surface area contributed by atoms with E-state index in [0.717, 1.165) is 22.2 Å². The molecule has 0 bridgehead atoms. The molecular formula is C12H13IO3. The predicted molar refractivity (Wildman–Crippen MR) is 68.9 cm³/mol. The molecule has 86 valence electrons. The van der Waals surface area contributed by atoms with Crippen molar-refractivity contribution in [2.24, 2.45) is 0 Å². The van der Waals surface area contributed by atoms with Crippen LogP contribution in [0.5, 0.6) is 5.75 Å². The van der Waals surface area contributed by atoms with Gasteiger partial charge in [0.1, 0.15) is 11.4 Å². The zero-order chi connectivity index (χ0) is 11.6. The van der Waals surface area contributed by atoms with E-state index in [-0.39, 0.29) is 5.97 Å². The van der Waals surface area contributed by atoms with E-state index in [0.29, 0.717) is 6.42 Å². The van der Waals surface area contributed by atoms with Gasteiger partial charge in [0.2, 0.25) is 0 Å². The Labute approximate surface area is 108 Å². The highest BCUT2D eigenvalue weighted by molar-refractivity contribution is 14.1. The maximum absolute atomic E-state index is 11.3. The number of alkyl halides is 1. The number of carbonyl (C=O) groups is 1. The summed E-state index contributed by atoms with van der Waals surface area (Å²) in [5.74, 6) is 0.712. The molecule has 1 aliphatic rings. The Kier molecular flexibility index (Phi) is 3.37. The van der Waals surface area contributed by atoms with Crippen LogP contribution in [-0.4, -0.2) is 17.5 Å². The first-order valence-electron chi connectivity index (χ1n) is 5.12. The summed E-state index contributed by atoms with van der Waals surface area (Å²) >= 11 is 2.27. The summed E-state index contributed by atoms with van der Waals surface area (Å²) in [6.07, 6.45) is 1.27. The topological polar surface area (TPSA) is 35.5 Å². The molecule has 0 aromatic heterocycles. The Bertz CT molecular complexity index is 388. The lowest BCUT2D eigenvalue weighted by Gasteiger charge is -2.25. The predicted octanol–water partition coefficient (Wildman–Crippen LogP) is 2.66. The van der Waals surface area contributed by atoms with Crippen LogP contribution in [0.1, 0.15) is 18.4 Å². The van der Waals surface area contributed by atoms with Crippen molar-refractivity contribution in [2.45, 2.75) is 18.4 Å². The highest BCUT2D eigenvalue weighted by Gasteiger charge is 2.40. The fraction of sp³-hybridized carbons (Fsp3) is 0.417. The van der Waals surface area contributed by atoms with Gasteiger partial charge in [-0.2, -0.15) is 0 Å². The van der Waals surface area contributed by atoms with E-state index in [1.165, 1.54) is 0 Å². The molecule has 16 heavy (non-hydrogen) atoms. The standard InChI is InChI=1S/C12H13IO3/c1-15-10-4-2-9(3-5-10)12(8-13)7-6-11(14)16-12/h2-5H,6-8H2,1H3. The number of hydrogen-bond acceptors (Lipinski definition) is 3. The summed E-state index contributed by atoms with van der Waals surface area (Å²) in [7, 11) is 1.64. The van der Waals surface area contributed by atoms with E-state index in [1.807, 2.05) is 24.3 Å². The SMILES string of the molecule is COc1ccc(C2(CI)CCC(=O)O2)cc1. The number of cyclic esters (lactones) is 1. The molecule has 1 aliphatic heterocycles. The van der Waals surface area contributed by atoms with Crippen molar-refractivity contribution in [3.63, 3.8) is 0 Å². The fourth-order valence-electron chi connectivity index (χ4n) is 1.89. The lowest BCUT2D eigenvalue weighted by atomic mass is 9.93. The smallest absolute Gasteiger partial charge is 0.306 e. The summed E-state index contributed by atoms with van der Waals surface area (Å²) in [6, 6.07) is 7.73. The molecule has 0 N–H and O–H groups in total. The van der Waals surface area contributed by atoms with Crippen LogP contribution < -0.4 is 4.74 Å². The maximum atomic E-state index is 11.3. The Morgan fingerprint density at radius 2 is 2.12 bits per heavy atom. The minimum absolute atomic E-state index is 0.104. The van der Waals surface area contributed by atoms with Crippen molar-refractivity contribution >= 4 is 28.6 Å². The van der Waals surface area contributed by atoms with Crippen LogP contribution in [0.4, 0.5) is 0 Å². The Morgan fingerprint density at radius 3 is 2.56 bits per heavy atom. The lowest BCUT2D eigenvalue weighted by Crippen LogP contribution is -2.27. The number of halogens is 1. The van der Waals surface area contributed by atoms with Gasteiger partial charge < -0.3 is 9.47 Å². The first-order chi connectivity index (χ1) is 7.70. The Balaban J connectivity index is 2.30. The van der Waals surface area contributed by atoms with Crippen LogP contribution in [0.3, 0.4) is 0 Å². The Hall–Kier alpha value is -0.780. The number of rotatable bonds is 3. The van der Waals surface area contributed by atoms with E-state index >= 15 is 0 Å². The molecule has 2 rings (SSSR count). The number of carbonyl (C=O) groups excluding carboxylic acids is 1. The van der Waals surface area contributed by atoms with Gasteiger partial charge in [0.25, 0.3) is 0 Å². The van der Waals surface area contributed by atoms with Gasteiger partial charge in [-0.25, -0.2) is 0 Å². The molecule has 1 aromatic rings.